The highest BCUT2D eigenvalue weighted by Gasteiger charge is 2.20. The summed E-state index contributed by atoms with van der Waals surface area (Å²) < 4.78 is 4.85. The van der Waals surface area contributed by atoms with Gasteiger partial charge < -0.3 is 19.7 Å². The Hall–Kier alpha value is -4.39. The Labute approximate surface area is 191 Å². The molecule has 0 saturated heterocycles. The number of ether oxygens (including phenoxy) is 1. The number of methoxy groups -OCH3 is 1. The van der Waals surface area contributed by atoms with Crippen LogP contribution < -0.4 is 4.90 Å². The van der Waals surface area contributed by atoms with Gasteiger partial charge in [0.1, 0.15) is 0 Å². The molecule has 0 spiro atoms. The summed E-state index contributed by atoms with van der Waals surface area (Å²) in [5.41, 5.74) is 4.24. The van der Waals surface area contributed by atoms with Crippen LogP contribution in [-0.4, -0.2) is 41.8 Å². The van der Waals surface area contributed by atoms with E-state index in [1.165, 1.54) is 14.0 Å². The standard InChI is InChI=1S/C26H23N3O4/c1-16(30)29(2)20-12-10-19(11-13-20)27-24(17-7-5-4-6-8-17)23-21-15-18(26(32)33-3)9-14-22(21)28-25(23)31/h4-15,28,31H,1-3H3. The molecule has 4 rings (SSSR count). The predicted molar refractivity (Wildman–Crippen MR) is 129 cm³/mol. The van der Waals surface area contributed by atoms with E-state index < -0.39 is 5.97 Å². The number of carbonyl (C=O) groups excluding carboxylic acids is 2. The van der Waals surface area contributed by atoms with Crippen molar-refractivity contribution in [2.45, 2.75) is 6.92 Å². The predicted octanol–water partition coefficient (Wildman–Crippen LogP) is 4.81. The highest BCUT2D eigenvalue weighted by molar-refractivity contribution is 6.22. The van der Waals surface area contributed by atoms with Gasteiger partial charge in [0.15, 0.2) is 5.88 Å². The van der Waals surface area contributed by atoms with Crippen molar-refractivity contribution in [3.63, 3.8) is 0 Å². The summed E-state index contributed by atoms with van der Waals surface area (Å²) in [6.07, 6.45) is 0. The summed E-state index contributed by atoms with van der Waals surface area (Å²) in [7, 11) is 3.03. The average Bonchev–Trinajstić information content (AvgIpc) is 3.17. The lowest BCUT2D eigenvalue weighted by Crippen LogP contribution is -2.22. The van der Waals surface area contributed by atoms with Crippen molar-refractivity contribution in [3.05, 3.63) is 89.5 Å². The number of aliphatic imine (C=N–C) groups is 1. The van der Waals surface area contributed by atoms with Crippen molar-refractivity contribution in [2.24, 2.45) is 4.99 Å². The molecule has 1 heterocycles. The van der Waals surface area contributed by atoms with Gasteiger partial charge in [0, 0.05) is 36.1 Å². The van der Waals surface area contributed by atoms with Gasteiger partial charge in [-0.15, -0.1) is 0 Å². The fourth-order valence-electron chi connectivity index (χ4n) is 3.58. The Kier molecular flexibility index (Phi) is 5.95. The number of H-pyrrole nitrogens is 1. The molecule has 33 heavy (non-hydrogen) atoms. The summed E-state index contributed by atoms with van der Waals surface area (Å²) in [5, 5.41) is 11.5. The van der Waals surface area contributed by atoms with Crippen molar-refractivity contribution < 1.29 is 19.4 Å². The number of hydrogen-bond acceptors (Lipinski definition) is 5. The van der Waals surface area contributed by atoms with Gasteiger partial charge in [0.25, 0.3) is 0 Å². The van der Waals surface area contributed by atoms with Crippen molar-refractivity contribution in [1.82, 2.24) is 4.98 Å². The second-order valence-electron chi connectivity index (χ2n) is 7.52. The Bertz CT molecular complexity index is 1360. The van der Waals surface area contributed by atoms with Crippen LogP contribution in [0, 0.1) is 0 Å². The van der Waals surface area contributed by atoms with Gasteiger partial charge in [0.05, 0.1) is 29.6 Å². The number of aromatic amines is 1. The van der Waals surface area contributed by atoms with E-state index in [0.717, 1.165) is 11.3 Å². The summed E-state index contributed by atoms with van der Waals surface area (Å²) in [6.45, 7) is 1.50. The van der Waals surface area contributed by atoms with Gasteiger partial charge >= 0.3 is 5.97 Å². The molecule has 0 fully saturated rings. The van der Waals surface area contributed by atoms with Gasteiger partial charge in [0.2, 0.25) is 5.91 Å². The molecular weight excluding hydrogens is 418 g/mol. The number of hydrogen-bond donors (Lipinski definition) is 2. The van der Waals surface area contributed by atoms with Crippen LogP contribution in [0.25, 0.3) is 10.9 Å². The van der Waals surface area contributed by atoms with Gasteiger partial charge in [-0.25, -0.2) is 9.79 Å². The molecule has 0 saturated carbocycles. The van der Waals surface area contributed by atoms with E-state index in [4.69, 9.17) is 9.73 Å². The van der Waals surface area contributed by atoms with Crippen molar-refractivity contribution in [1.29, 1.82) is 0 Å². The van der Waals surface area contributed by atoms with Crippen LogP contribution >= 0.6 is 0 Å². The molecule has 3 aromatic carbocycles. The molecule has 0 bridgehead atoms. The lowest BCUT2D eigenvalue weighted by atomic mass is 9.99. The Balaban J connectivity index is 1.89. The highest BCUT2D eigenvalue weighted by Crippen LogP contribution is 2.32. The fraction of sp³-hybridized carbons (Fsp3) is 0.115. The number of fused-ring (bicyclic) bond motifs is 1. The fourth-order valence-corrected chi connectivity index (χ4v) is 3.58. The van der Waals surface area contributed by atoms with E-state index in [0.29, 0.717) is 33.4 Å². The molecular formula is C26H23N3O4. The van der Waals surface area contributed by atoms with Crippen molar-refractivity contribution >= 4 is 39.9 Å². The summed E-state index contributed by atoms with van der Waals surface area (Å²) in [6, 6.07) is 21.8. The third kappa shape index (κ3) is 4.34. The molecule has 4 aromatic rings. The Morgan fingerprint density at radius 1 is 0.970 bits per heavy atom. The van der Waals surface area contributed by atoms with Crippen LogP contribution in [0.5, 0.6) is 5.88 Å². The number of benzene rings is 3. The molecule has 1 amide bonds. The summed E-state index contributed by atoms with van der Waals surface area (Å²) in [5.74, 6) is -0.587. The van der Waals surface area contributed by atoms with Gasteiger partial charge in [-0.2, -0.15) is 0 Å². The van der Waals surface area contributed by atoms with Gasteiger partial charge in [-0.1, -0.05) is 30.3 Å². The van der Waals surface area contributed by atoms with E-state index in [-0.39, 0.29) is 11.8 Å². The largest absolute Gasteiger partial charge is 0.494 e. The first kappa shape index (κ1) is 21.8. The molecule has 7 nitrogen and oxygen atoms in total. The highest BCUT2D eigenvalue weighted by atomic mass is 16.5. The van der Waals surface area contributed by atoms with Crippen LogP contribution in [0.3, 0.4) is 0 Å². The minimum atomic E-state index is -0.466. The lowest BCUT2D eigenvalue weighted by Gasteiger charge is -2.15. The number of nitrogens with zero attached hydrogens (tertiary/aromatic N) is 2. The number of amides is 1. The molecule has 2 N–H and O–H groups in total. The summed E-state index contributed by atoms with van der Waals surface area (Å²) >= 11 is 0. The van der Waals surface area contributed by atoms with E-state index in [9.17, 15) is 14.7 Å². The maximum absolute atomic E-state index is 12.1. The monoisotopic (exact) mass is 441 g/mol. The van der Waals surface area contributed by atoms with Crippen LogP contribution in [0.2, 0.25) is 0 Å². The minimum absolute atomic E-state index is 0.0532. The Morgan fingerprint density at radius 3 is 2.30 bits per heavy atom. The molecule has 7 heteroatoms. The topological polar surface area (TPSA) is 95.0 Å². The molecule has 166 valence electrons. The number of carbonyl (C=O) groups is 2. The molecule has 0 atom stereocenters. The third-order valence-corrected chi connectivity index (χ3v) is 5.43. The number of aromatic hydroxyl groups is 1. The molecule has 0 aliphatic rings. The van der Waals surface area contributed by atoms with Gasteiger partial charge in [-0.05, 0) is 42.5 Å². The smallest absolute Gasteiger partial charge is 0.337 e. The first-order chi connectivity index (χ1) is 15.9. The van der Waals surface area contributed by atoms with Gasteiger partial charge in [-0.3, -0.25) is 4.79 Å². The van der Waals surface area contributed by atoms with Crippen molar-refractivity contribution in [3.8, 4) is 5.88 Å². The number of anilines is 1. The second-order valence-corrected chi connectivity index (χ2v) is 7.52. The zero-order valence-corrected chi connectivity index (χ0v) is 18.5. The van der Waals surface area contributed by atoms with Crippen LogP contribution in [0.15, 0.2) is 77.8 Å². The first-order valence-electron chi connectivity index (χ1n) is 10.3. The molecule has 0 unspecified atom stereocenters. The van der Waals surface area contributed by atoms with E-state index in [1.807, 2.05) is 54.6 Å². The third-order valence-electron chi connectivity index (χ3n) is 5.43. The number of rotatable bonds is 5. The molecule has 0 aliphatic heterocycles. The molecule has 0 radical (unpaired) electrons. The van der Waals surface area contributed by atoms with E-state index in [2.05, 4.69) is 4.98 Å². The average molecular weight is 441 g/mol. The maximum atomic E-state index is 12.1. The first-order valence-corrected chi connectivity index (χ1v) is 10.3. The zero-order chi connectivity index (χ0) is 23.5. The minimum Gasteiger partial charge on any atom is -0.494 e. The van der Waals surface area contributed by atoms with E-state index >= 15 is 0 Å². The summed E-state index contributed by atoms with van der Waals surface area (Å²) in [4.78, 5) is 33.1. The second kappa shape index (κ2) is 9.00. The number of esters is 1. The van der Waals surface area contributed by atoms with Crippen LogP contribution in [-0.2, 0) is 9.53 Å². The molecule has 0 aliphatic carbocycles. The quantitative estimate of drug-likeness (QED) is 0.343. The number of aromatic nitrogens is 1. The van der Waals surface area contributed by atoms with Crippen molar-refractivity contribution in [2.75, 3.05) is 19.1 Å². The lowest BCUT2D eigenvalue weighted by molar-refractivity contribution is -0.116. The maximum Gasteiger partial charge on any atom is 0.337 e. The van der Waals surface area contributed by atoms with E-state index in [1.54, 1.807) is 30.1 Å². The van der Waals surface area contributed by atoms with Crippen LogP contribution in [0.4, 0.5) is 11.4 Å². The van der Waals surface area contributed by atoms with Crippen LogP contribution in [0.1, 0.15) is 28.4 Å². The molecule has 1 aromatic heterocycles. The Morgan fingerprint density at radius 2 is 1.67 bits per heavy atom. The zero-order valence-electron chi connectivity index (χ0n) is 18.5. The SMILES string of the molecule is COC(=O)c1ccc2[nH]c(O)c(C(=Nc3ccc(N(C)C(C)=O)cc3)c3ccccc3)c2c1. The number of nitrogens with one attached hydrogen (secondary N) is 1. The normalized spacial score (nSPS) is 11.4.